The predicted octanol–water partition coefficient (Wildman–Crippen LogP) is 2.34. The van der Waals surface area contributed by atoms with Crippen molar-refractivity contribution < 1.29 is 19.0 Å². The highest BCUT2D eigenvalue weighted by molar-refractivity contribution is 9.10. The van der Waals surface area contributed by atoms with Crippen LogP contribution in [0.15, 0.2) is 30.3 Å². The average molecular weight is 291 g/mol. The van der Waals surface area contributed by atoms with Crippen molar-refractivity contribution in [3.8, 4) is 0 Å². The molecule has 0 heterocycles. The van der Waals surface area contributed by atoms with Gasteiger partial charge in [-0.15, -0.1) is 0 Å². The fourth-order valence-electron chi connectivity index (χ4n) is 1.18. The van der Waals surface area contributed by atoms with Gasteiger partial charge < -0.3 is 9.84 Å². The molecule has 0 bridgehead atoms. The molecule has 16 heavy (non-hydrogen) atoms. The van der Waals surface area contributed by atoms with Gasteiger partial charge in [-0.3, -0.25) is 0 Å². The molecule has 5 heteroatoms. The summed E-state index contributed by atoms with van der Waals surface area (Å²) in [7, 11) is 0. The number of carbonyl (C=O) groups excluding carboxylic acids is 1. The molecule has 1 aromatic rings. The van der Waals surface area contributed by atoms with Gasteiger partial charge in [0.1, 0.15) is 6.10 Å². The smallest absolute Gasteiger partial charge is 0.358 e. The maximum atomic E-state index is 13.9. The topological polar surface area (TPSA) is 46.5 Å². The molecular formula is C11H12BrFO3. The molecule has 1 aromatic carbocycles. The summed E-state index contributed by atoms with van der Waals surface area (Å²) in [5.41, 5.74) is 0.301. The lowest BCUT2D eigenvalue weighted by molar-refractivity contribution is -0.156. The summed E-state index contributed by atoms with van der Waals surface area (Å²) in [5.74, 6) is -1.13. The predicted molar refractivity (Wildman–Crippen MR) is 60.8 cm³/mol. The minimum atomic E-state index is -2.62. The van der Waals surface area contributed by atoms with Crippen LogP contribution in [0.5, 0.6) is 0 Å². The van der Waals surface area contributed by atoms with E-state index in [-0.39, 0.29) is 6.61 Å². The molecule has 0 radical (unpaired) electrons. The third-order valence-electron chi connectivity index (χ3n) is 2.01. The van der Waals surface area contributed by atoms with Crippen LogP contribution in [0.2, 0.25) is 0 Å². The molecule has 0 fully saturated rings. The Morgan fingerprint density at radius 2 is 2.12 bits per heavy atom. The Hall–Kier alpha value is -0.940. The number of aliphatic hydroxyl groups excluding tert-OH is 1. The van der Waals surface area contributed by atoms with Gasteiger partial charge in [-0.25, -0.2) is 9.18 Å². The van der Waals surface area contributed by atoms with Crippen molar-refractivity contribution >= 4 is 21.9 Å². The summed E-state index contributed by atoms with van der Waals surface area (Å²) in [4.78, 5) is 11.3. The first-order valence-corrected chi connectivity index (χ1v) is 5.57. The lowest BCUT2D eigenvalue weighted by Gasteiger charge is -2.22. The standard InChI is InChI=1S/C11H12BrFO3/c1-2-16-10(15)11(12,13)9(14)8-6-4-3-5-7-8/h3-7,9,14H,2H2,1H3/t9-,11-/m0/s1. The minimum Gasteiger partial charge on any atom is -0.463 e. The minimum absolute atomic E-state index is 0.0532. The van der Waals surface area contributed by atoms with Gasteiger partial charge in [0.15, 0.2) is 0 Å². The molecule has 0 aliphatic heterocycles. The van der Waals surface area contributed by atoms with E-state index in [0.717, 1.165) is 0 Å². The van der Waals surface area contributed by atoms with E-state index in [1.807, 2.05) is 0 Å². The van der Waals surface area contributed by atoms with Gasteiger partial charge in [0, 0.05) is 0 Å². The van der Waals surface area contributed by atoms with Gasteiger partial charge in [-0.05, 0) is 28.4 Å². The molecule has 0 unspecified atom stereocenters. The van der Waals surface area contributed by atoms with Crippen LogP contribution in [0.3, 0.4) is 0 Å². The monoisotopic (exact) mass is 290 g/mol. The number of rotatable bonds is 4. The Bertz CT molecular complexity index is 354. The van der Waals surface area contributed by atoms with E-state index in [1.54, 1.807) is 25.1 Å². The number of hydrogen-bond acceptors (Lipinski definition) is 3. The van der Waals surface area contributed by atoms with E-state index < -0.39 is 16.7 Å². The second-order valence-electron chi connectivity index (χ2n) is 3.16. The molecule has 0 amide bonds. The summed E-state index contributed by atoms with van der Waals surface area (Å²) in [5, 5.41) is 9.72. The van der Waals surface area contributed by atoms with E-state index in [1.165, 1.54) is 12.1 Å². The number of benzene rings is 1. The van der Waals surface area contributed by atoms with Gasteiger partial charge >= 0.3 is 5.97 Å². The third-order valence-corrected chi connectivity index (χ3v) is 2.76. The van der Waals surface area contributed by atoms with Crippen molar-refractivity contribution in [3.05, 3.63) is 35.9 Å². The van der Waals surface area contributed by atoms with Gasteiger partial charge in [0.25, 0.3) is 4.58 Å². The summed E-state index contributed by atoms with van der Waals surface area (Å²) in [6.45, 7) is 1.62. The SMILES string of the molecule is CCOC(=O)[C@](F)(Br)[C@@H](O)c1ccccc1. The molecule has 0 aliphatic rings. The molecule has 0 saturated heterocycles. The first-order valence-electron chi connectivity index (χ1n) is 4.78. The third kappa shape index (κ3) is 2.80. The highest BCUT2D eigenvalue weighted by Gasteiger charge is 2.45. The van der Waals surface area contributed by atoms with Gasteiger partial charge in [0.2, 0.25) is 0 Å². The van der Waals surface area contributed by atoms with Crippen LogP contribution in [0, 0.1) is 0 Å². The molecule has 0 aliphatic carbocycles. The second-order valence-corrected chi connectivity index (χ2v) is 4.31. The van der Waals surface area contributed by atoms with Crippen LogP contribution in [0.25, 0.3) is 0 Å². The maximum Gasteiger partial charge on any atom is 0.358 e. The molecule has 0 saturated carbocycles. The molecular weight excluding hydrogens is 279 g/mol. The van der Waals surface area contributed by atoms with E-state index in [2.05, 4.69) is 20.7 Å². The number of hydrogen-bond donors (Lipinski definition) is 1. The number of carbonyl (C=O) groups is 1. The zero-order chi connectivity index (χ0) is 12.2. The fourth-order valence-corrected chi connectivity index (χ4v) is 1.56. The van der Waals surface area contributed by atoms with Crippen LogP contribution in [-0.2, 0) is 9.53 Å². The Morgan fingerprint density at radius 3 is 2.62 bits per heavy atom. The Balaban J connectivity index is 2.87. The number of halogens is 2. The average Bonchev–Trinajstić information content (AvgIpc) is 2.29. The summed E-state index contributed by atoms with van der Waals surface area (Å²) < 4.78 is 15.9. The van der Waals surface area contributed by atoms with Crippen molar-refractivity contribution in [2.75, 3.05) is 6.61 Å². The summed E-state index contributed by atoms with van der Waals surface area (Å²) in [6, 6.07) is 8.08. The van der Waals surface area contributed by atoms with Crippen LogP contribution in [-0.4, -0.2) is 22.3 Å². The first-order chi connectivity index (χ1) is 7.50. The Kier molecular flexibility index (Phi) is 4.44. The van der Waals surface area contributed by atoms with E-state index in [0.29, 0.717) is 5.56 Å². The fraction of sp³-hybridized carbons (Fsp3) is 0.364. The maximum absolute atomic E-state index is 13.9. The Morgan fingerprint density at radius 1 is 1.56 bits per heavy atom. The second kappa shape index (κ2) is 5.41. The van der Waals surface area contributed by atoms with Gasteiger partial charge in [0.05, 0.1) is 6.61 Å². The van der Waals surface area contributed by atoms with Gasteiger partial charge in [-0.2, -0.15) is 0 Å². The number of esters is 1. The van der Waals surface area contributed by atoms with Crippen molar-refractivity contribution in [1.29, 1.82) is 0 Å². The highest BCUT2D eigenvalue weighted by Crippen LogP contribution is 2.36. The lowest BCUT2D eigenvalue weighted by atomic mass is 10.1. The quantitative estimate of drug-likeness (QED) is 0.684. The molecule has 2 atom stereocenters. The number of ether oxygens (including phenoxy) is 1. The van der Waals surface area contributed by atoms with Crippen LogP contribution in [0.1, 0.15) is 18.6 Å². The van der Waals surface area contributed by atoms with Crippen LogP contribution < -0.4 is 0 Å². The van der Waals surface area contributed by atoms with Crippen LogP contribution in [0.4, 0.5) is 4.39 Å². The molecule has 1 rings (SSSR count). The zero-order valence-electron chi connectivity index (χ0n) is 8.69. The van der Waals surface area contributed by atoms with Crippen molar-refractivity contribution in [1.82, 2.24) is 0 Å². The first kappa shape index (κ1) is 13.1. The molecule has 3 nitrogen and oxygen atoms in total. The summed E-state index contributed by atoms with van der Waals surface area (Å²) >= 11 is 2.56. The lowest BCUT2D eigenvalue weighted by Crippen LogP contribution is -2.35. The molecule has 1 N–H and O–H groups in total. The Labute approximate surface area is 101 Å². The van der Waals surface area contributed by atoms with Crippen molar-refractivity contribution in [3.63, 3.8) is 0 Å². The van der Waals surface area contributed by atoms with E-state index in [4.69, 9.17) is 0 Å². The van der Waals surface area contributed by atoms with Crippen molar-refractivity contribution in [2.24, 2.45) is 0 Å². The number of alkyl halides is 2. The van der Waals surface area contributed by atoms with Crippen molar-refractivity contribution in [2.45, 2.75) is 17.6 Å². The van der Waals surface area contributed by atoms with Gasteiger partial charge in [-0.1, -0.05) is 30.3 Å². The summed E-state index contributed by atoms with van der Waals surface area (Å²) in [6.07, 6.45) is -1.60. The highest BCUT2D eigenvalue weighted by atomic mass is 79.9. The largest absolute Gasteiger partial charge is 0.463 e. The van der Waals surface area contributed by atoms with E-state index in [9.17, 15) is 14.3 Å². The normalized spacial score (nSPS) is 16.2. The van der Waals surface area contributed by atoms with Crippen LogP contribution >= 0.6 is 15.9 Å². The number of aliphatic hydroxyl groups is 1. The molecule has 0 aromatic heterocycles. The molecule has 88 valence electrons. The molecule has 0 spiro atoms. The zero-order valence-corrected chi connectivity index (χ0v) is 10.3. The van der Waals surface area contributed by atoms with E-state index >= 15 is 0 Å².